The summed E-state index contributed by atoms with van der Waals surface area (Å²) < 4.78 is 0. The average molecular weight is 483 g/mol. The second-order valence-corrected chi connectivity index (χ2v) is 9.48. The zero-order chi connectivity index (χ0) is 25.6. The van der Waals surface area contributed by atoms with Gasteiger partial charge in [-0.15, -0.1) is 0 Å². The van der Waals surface area contributed by atoms with Gasteiger partial charge in [-0.25, -0.2) is 0 Å². The molecule has 0 aliphatic heterocycles. The highest BCUT2D eigenvalue weighted by Gasteiger charge is 2.20. The van der Waals surface area contributed by atoms with Crippen LogP contribution in [0.3, 0.4) is 0 Å². The number of carbonyl (C=O) groups excluding carboxylic acids is 1. The lowest BCUT2D eigenvalue weighted by atomic mass is 9.93. The van der Waals surface area contributed by atoms with Gasteiger partial charge in [0.15, 0.2) is 0 Å². The predicted molar refractivity (Wildman–Crippen MR) is 151 cm³/mol. The maximum Gasteiger partial charge on any atom is 0.227 e. The SMILES string of the molecule is CCCC(=O)N(Cc1ccc2c(c1)CCc1ccccc1/C2=C\C#N)c1cccc(-c2ccccc2)c1. The largest absolute Gasteiger partial charge is 0.308 e. The number of allylic oxidation sites excluding steroid dienone is 1. The Hall–Kier alpha value is -4.42. The average Bonchev–Trinajstić information content (AvgIpc) is 3.09. The molecule has 4 aromatic rings. The molecule has 1 amide bonds. The van der Waals surface area contributed by atoms with Crippen molar-refractivity contribution in [2.75, 3.05) is 4.90 Å². The van der Waals surface area contributed by atoms with E-state index in [1.165, 1.54) is 11.1 Å². The molecule has 3 nitrogen and oxygen atoms in total. The van der Waals surface area contributed by atoms with Crippen LogP contribution < -0.4 is 4.90 Å². The second-order valence-electron chi connectivity index (χ2n) is 9.48. The third-order valence-electron chi connectivity index (χ3n) is 7.01. The van der Waals surface area contributed by atoms with Crippen molar-refractivity contribution in [3.63, 3.8) is 0 Å². The van der Waals surface area contributed by atoms with Gasteiger partial charge in [0.1, 0.15) is 0 Å². The van der Waals surface area contributed by atoms with Gasteiger partial charge in [-0.05, 0) is 75.9 Å². The topological polar surface area (TPSA) is 44.1 Å². The van der Waals surface area contributed by atoms with Gasteiger partial charge in [0.05, 0.1) is 12.6 Å². The van der Waals surface area contributed by atoms with Gasteiger partial charge < -0.3 is 4.90 Å². The van der Waals surface area contributed by atoms with E-state index in [0.29, 0.717) is 13.0 Å². The van der Waals surface area contributed by atoms with Crippen molar-refractivity contribution >= 4 is 17.2 Å². The summed E-state index contributed by atoms with van der Waals surface area (Å²) >= 11 is 0. The predicted octanol–water partition coefficient (Wildman–Crippen LogP) is 7.74. The highest BCUT2D eigenvalue weighted by Crippen LogP contribution is 2.34. The van der Waals surface area contributed by atoms with Crippen LogP contribution in [0, 0.1) is 11.3 Å². The molecule has 1 aliphatic carbocycles. The van der Waals surface area contributed by atoms with E-state index in [2.05, 4.69) is 66.7 Å². The Kier molecular flexibility index (Phi) is 7.28. The quantitative estimate of drug-likeness (QED) is 0.264. The number of anilines is 1. The minimum Gasteiger partial charge on any atom is -0.308 e. The summed E-state index contributed by atoms with van der Waals surface area (Å²) in [6.45, 7) is 2.55. The lowest BCUT2D eigenvalue weighted by Gasteiger charge is -2.24. The number of carbonyl (C=O) groups is 1. The Labute approximate surface area is 219 Å². The van der Waals surface area contributed by atoms with E-state index in [9.17, 15) is 10.1 Å². The van der Waals surface area contributed by atoms with Crippen LogP contribution in [-0.2, 0) is 24.2 Å². The van der Waals surface area contributed by atoms with Crippen molar-refractivity contribution in [3.05, 3.63) is 131 Å². The summed E-state index contributed by atoms with van der Waals surface area (Å²) in [5.74, 6) is 0.125. The molecular weight excluding hydrogens is 452 g/mol. The first-order valence-electron chi connectivity index (χ1n) is 12.9. The molecule has 0 saturated heterocycles. The Bertz CT molecular complexity index is 1490. The van der Waals surface area contributed by atoms with E-state index in [-0.39, 0.29) is 5.91 Å². The van der Waals surface area contributed by atoms with Crippen molar-refractivity contribution in [3.8, 4) is 17.2 Å². The van der Waals surface area contributed by atoms with Crippen LogP contribution in [0.1, 0.15) is 47.6 Å². The van der Waals surface area contributed by atoms with Crippen molar-refractivity contribution in [2.24, 2.45) is 0 Å². The summed E-state index contributed by atoms with van der Waals surface area (Å²) in [6, 6.07) is 35.5. The Morgan fingerprint density at radius 3 is 2.38 bits per heavy atom. The standard InChI is InChI=1S/C34H30N2O/c1-2-9-34(37)36(30-14-8-13-28(23-30)26-10-4-3-5-11-26)24-25-16-19-32-29(22-25)18-17-27-12-6-7-15-31(27)33(32)20-21-35/h3-8,10-16,19-20,22-23H,2,9,17-18,24H2,1H3/b33-20+. The molecule has 0 radical (unpaired) electrons. The minimum atomic E-state index is 0.125. The third-order valence-corrected chi connectivity index (χ3v) is 7.01. The molecule has 0 bridgehead atoms. The zero-order valence-electron chi connectivity index (χ0n) is 21.2. The van der Waals surface area contributed by atoms with Crippen LogP contribution in [0.4, 0.5) is 5.69 Å². The maximum atomic E-state index is 13.3. The first-order chi connectivity index (χ1) is 18.2. The number of aryl methyl sites for hydroxylation is 2. The minimum absolute atomic E-state index is 0.125. The van der Waals surface area contributed by atoms with Crippen molar-refractivity contribution in [1.82, 2.24) is 0 Å². The van der Waals surface area contributed by atoms with E-state index in [1.54, 1.807) is 6.08 Å². The molecule has 0 unspecified atom stereocenters. The Morgan fingerprint density at radius 2 is 1.57 bits per heavy atom. The van der Waals surface area contributed by atoms with Crippen LogP contribution in [0.25, 0.3) is 16.7 Å². The lowest BCUT2D eigenvalue weighted by molar-refractivity contribution is -0.118. The first kappa shape index (κ1) is 24.3. The molecule has 5 rings (SSSR count). The molecule has 0 N–H and O–H groups in total. The molecule has 1 aliphatic rings. The van der Waals surface area contributed by atoms with E-state index in [4.69, 9.17) is 0 Å². The summed E-state index contributed by atoms with van der Waals surface area (Å²) in [7, 11) is 0. The number of fused-ring (bicyclic) bond motifs is 2. The lowest BCUT2D eigenvalue weighted by Crippen LogP contribution is -2.30. The van der Waals surface area contributed by atoms with E-state index < -0.39 is 0 Å². The normalized spacial score (nSPS) is 13.2. The molecule has 0 aromatic heterocycles. The van der Waals surface area contributed by atoms with E-state index in [1.807, 2.05) is 48.2 Å². The van der Waals surface area contributed by atoms with Gasteiger partial charge in [-0.3, -0.25) is 4.79 Å². The summed E-state index contributed by atoms with van der Waals surface area (Å²) in [4.78, 5) is 15.2. The van der Waals surface area contributed by atoms with Gasteiger partial charge in [-0.1, -0.05) is 91.9 Å². The van der Waals surface area contributed by atoms with Crippen LogP contribution in [0.15, 0.2) is 103 Å². The van der Waals surface area contributed by atoms with E-state index >= 15 is 0 Å². The molecule has 0 heterocycles. The maximum absolute atomic E-state index is 13.3. The number of hydrogen-bond acceptors (Lipinski definition) is 2. The second kappa shape index (κ2) is 11.1. The smallest absolute Gasteiger partial charge is 0.227 e. The monoisotopic (exact) mass is 482 g/mol. The Morgan fingerprint density at radius 1 is 0.838 bits per heavy atom. The number of benzene rings is 4. The molecule has 37 heavy (non-hydrogen) atoms. The fraction of sp³-hybridized carbons (Fsp3) is 0.176. The third kappa shape index (κ3) is 5.25. The van der Waals surface area contributed by atoms with Crippen molar-refractivity contribution in [2.45, 2.75) is 39.2 Å². The molecule has 0 fully saturated rings. The number of rotatable bonds is 6. The van der Waals surface area contributed by atoms with Crippen LogP contribution in [0.2, 0.25) is 0 Å². The highest BCUT2D eigenvalue weighted by atomic mass is 16.2. The van der Waals surface area contributed by atoms with E-state index in [0.717, 1.165) is 58.3 Å². The van der Waals surface area contributed by atoms with Crippen LogP contribution in [0.5, 0.6) is 0 Å². The fourth-order valence-electron chi connectivity index (χ4n) is 5.19. The number of amides is 1. The molecule has 0 spiro atoms. The van der Waals surface area contributed by atoms with Gasteiger partial charge in [-0.2, -0.15) is 5.26 Å². The number of nitriles is 1. The van der Waals surface area contributed by atoms with Crippen molar-refractivity contribution < 1.29 is 4.79 Å². The van der Waals surface area contributed by atoms with Crippen LogP contribution in [-0.4, -0.2) is 5.91 Å². The van der Waals surface area contributed by atoms with Gasteiger partial charge in [0.2, 0.25) is 5.91 Å². The molecule has 3 heteroatoms. The van der Waals surface area contributed by atoms with Crippen LogP contribution >= 0.6 is 0 Å². The zero-order valence-corrected chi connectivity index (χ0v) is 21.2. The molecule has 4 aromatic carbocycles. The van der Waals surface area contributed by atoms with Crippen molar-refractivity contribution in [1.29, 1.82) is 5.26 Å². The van der Waals surface area contributed by atoms with Gasteiger partial charge in [0.25, 0.3) is 0 Å². The first-order valence-corrected chi connectivity index (χ1v) is 12.9. The molecule has 182 valence electrons. The summed E-state index contributed by atoms with van der Waals surface area (Å²) in [6.07, 6.45) is 4.79. The number of nitrogens with zero attached hydrogens (tertiary/aromatic N) is 2. The van der Waals surface area contributed by atoms with Gasteiger partial charge in [0, 0.05) is 18.2 Å². The highest BCUT2D eigenvalue weighted by molar-refractivity contribution is 5.94. The molecular formula is C34H30N2O. The Balaban J connectivity index is 1.50. The fourth-order valence-corrected chi connectivity index (χ4v) is 5.19. The summed E-state index contributed by atoms with van der Waals surface area (Å²) in [5.41, 5.74) is 9.93. The molecule has 0 saturated carbocycles. The van der Waals surface area contributed by atoms with Gasteiger partial charge >= 0.3 is 0 Å². The number of hydrogen-bond donors (Lipinski definition) is 0. The molecule has 0 atom stereocenters. The summed E-state index contributed by atoms with van der Waals surface area (Å²) in [5, 5.41) is 9.51.